The van der Waals surface area contributed by atoms with E-state index >= 15 is 0 Å². The lowest BCUT2D eigenvalue weighted by atomic mass is 10.2. The lowest BCUT2D eigenvalue weighted by Crippen LogP contribution is -2.49. The molecule has 0 saturated carbocycles. The monoisotopic (exact) mass is 361 g/mol. The number of carbonyl (C=O) groups excluding carboxylic acids is 2. The maximum Gasteiger partial charge on any atom is 0.265 e. The van der Waals surface area contributed by atoms with E-state index in [0.717, 1.165) is 0 Å². The van der Waals surface area contributed by atoms with E-state index in [1.807, 2.05) is 4.83 Å². The predicted molar refractivity (Wildman–Crippen MR) is 89.2 cm³/mol. The van der Waals surface area contributed by atoms with Crippen LogP contribution in [-0.4, -0.2) is 33.4 Å². The van der Waals surface area contributed by atoms with Gasteiger partial charge in [-0.05, 0) is 24.3 Å². The molecule has 1 aliphatic rings. The van der Waals surface area contributed by atoms with Gasteiger partial charge in [-0.2, -0.15) is 0 Å². The van der Waals surface area contributed by atoms with Gasteiger partial charge < -0.3 is 4.74 Å². The van der Waals surface area contributed by atoms with Crippen molar-refractivity contribution in [3.63, 3.8) is 0 Å². The molecule has 0 saturated heterocycles. The first-order chi connectivity index (χ1) is 12.0. The standard InChI is InChI=1S/C16H15N3O5S/c20-15(17-18-25(22,23)12-6-2-1-3-7-12)10-19-13-8-4-5-9-14(13)24-11-16(19)21/h1-9,18H,10-11H2,(H,17,20). The smallest absolute Gasteiger partial charge is 0.265 e. The predicted octanol–water partition coefficient (Wildman–Crippen LogP) is 0.422. The zero-order valence-electron chi connectivity index (χ0n) is 13.0. The number of benzene rings is 2. The minimum absolute atomic E-state index is 0.0168. The lowest BCUT2D eigenvalue weighted by Gasteiger charge is -2.28. The summed E-state index contributed by atoms with van der Waals surface area (Å²) in [5.41, 5.74) is 2.57. The van der Waals surface area contributed by atoms with Crippen LogP contribution >= 0.6 is 0 Å². The number of sulfonamides is 1. The van der Waals surface area contributed by atoms with Gasteiger partial charge in [-0.15, -0.1) is 4.83 Å². The molecule has 1 heterocycles. The van der Waals surface area contributed by atoms with Crippen LogP contribution in [0.1, 0.15) is 0 Å². The number of amides is 2. The molecule has 0 aliphatic carbocycles. The number of anilines is 1. The van der Waals surface area contributed by atoms with Gasteiger partial charge in [0, 0.05) is 0 Å². The fourth-order valence-electron chi connectivity index (χ4n) is 2.29. The number of hydrogen-bond acceptors (Lipinski definition) is 5. The summed E-state index contributed by atoms with van der Waals surface area (Å²) in [5.74, 6) is -0.580. The zero-order valence-corrected chi connectivity index (χ0v) is 13.8. The third kappa shape index (κ3) is 3.78. The van der Waals surface area contributed by atoms with E-state index < -0.39 is 15.9 Å². The third-order valence-electron chi connectivity index (χ3n) is 3.49. The van der Waals surface area contributed by atoms with Crippen molar-refractivity contribution in [2.24, 2.45) is 0 Å². The Morgan fingerprint density at radius 1 is 1.08 bits per heavy atom. The van der Waals surface area contributed by atoms with Gasteiger partial charge in [-0.1, -0.05) is 30.3 Å². The SMILES string of the molecule is O=C(CN1C(=O)COc2ccccc21)NNS(=O)(=O)c1ccccc1. The Labute approximate surface area is 144 Å². The van der Waals surface area contributed by atoms with Crippen LogP contribution < -0.4 is 19.9 Å². The van der Waals surface area contributed by atoms with Gasteiger partial charge in [0.15, 0.2) is 6.61 Å². The highest BCUT2D eigenvalue weighted by Gasteiger charge is 2.27. The van der Waals surface area contributed by atoms with Gasteiger partial charge in [0.1, 0.15) is 12.3 Å². The first-order valence-electron chi connectivity index (χ1n) is 7.35. The van der Waals surface area contributed by atoms with Crippen molar-refractivity contribution in [1.29, 1.82) is 0 Å². The molecule has 0 radical (unpaired) electrons. The van der Waals surface area contributed by atoms with Crippen molar-refractivity contribution in [2.45, 2.75) is 4.90 Å². The number of fused-ring (bicyclic) bond motifs is 1. The molecule has 2 aromatic rings. The fourth-order valence-corrected chi connectivity index (χ4v) is 3.17. The molecule has 0 aromatic heterocycles. The third-order valence-corrected chi connectivity index (χ3v) is 4.75. The molecule has 0 spiro atoms. The molecule has 0 bridgehead atoms. The number of rotatable bonds is 5. The molecule has 8 nitrogen and oxygen atoms in total. The van der Waals surface area contributed by atoms with E-state index in [1.54, 1.807) is 42.5 Å². The number of nitrogens with one attached hydrogen (secondary N) is 2. The van der Waals surface area contributed by atoms with Crippen molar-refractivity contribution >= 4 is 27.5 Å². The van der Waals surface area contributed by atoms with E-state index in [9.17, 15) is 18.0 Å². The number of hydrogen-bond donors (Lipinski definition) is 2. The molecule has 0 fully saturated rings. The van der Waals surface area contributed by atoms with Gasteiger partial charge in [0.25, 0.3) is 21.8 Å². The molecule has 2 aromatic carbocycles. The molecule has 2 N–H and O–H groups in total. The van der Waals surface area contributed by atoms with Gasteiger partial charge >= 0.3 is 0 Å². The lowest BCUT2D eigenvalue weighted by molar-refractivity contribution is -0.125. The molecule has 0 atom stereocenters. The van der Waals surface area contributed by atoms with Gasteiger partial charge in [0.05, 0.1) is 10.6 Å². The van der Waals surface area contributed by atoms with E-state index in [1.165, 1.54) is 17.0 Å². The number of ether oxygens (including phenoxy) is 1. The Morgan fingerprint density at radius 2 is 1.76 bits per heavy atom. The fraction of sp³-hybridized carbons (Fsp3) is 0.125. The molecule has 2 amide bonds. The molecule has 0 unspecified atom stereocenters. The van der Waals surface area contributed by atoms with Crippen LogP contribution in [0.15, 0.2) is 59.5 Å². The van der Waals surface area contributed by atoms with Gasteiger partial charge in [-0.25, -0.2) is 8.42 Å². The highest BCUT2D eigenvalue weighted by Crippen LogP contribution is 2.31. The minimum Gasteiger partial charge on any atom is -0.482 e. The van der Waals surface area contributed by atoms with E-state index in [2.05, 4.69) is 5.43 Å². The van der Waals surface area contributed by atoms with Crippen LogP contribution in [0.5, 0.6) is 5.75 Å². The summed E-state index contributed by atoms with van der Waals surface area (Å²) in [6, 6.07) is 14.4. The second-order valence-corrected chi connectivity index (χ2v) is 6.89. The summed E-state index contributed by atoms with van der Waals surface area (Å²) in [7, 11) is -3.88. The highest BCUT2D eigenvalue weighted by molar-refractivity contribution is 7.89. The molecular formula is C16H15N3O5S. The first-order valence-corrected chi connectivity index (χ1v) is 8.83. The maximum atomic E-state index is 12.1. The molecular weight excluding hydrogens is 346 g/mol. The summed E-state index contributed by atoms with van der Waals surface area (Å²) < 4.78 is 29.4. The van der Waals surface area contributed by atoms with Crippen molar-refractivity contribution in [1.82, 2.24) is 10.3 Å². The molecule has 25 heavy (non-hydrogen) atoms. The van der Waals surface area contributed by atoms with E-state index in [0.29, 0.717) is 11.4 Å². The van der Waals surface area contributed by atoms with Crippen molar-refractivity contribution in [2.75, 3.05) is 18.1 Å². The topological polar surface area (TPSA) is 105 Å². The Hall–Kier alpha value is -2.91. The molecule has 130 valence electrons. The van der Waals surface area contributed by atoms with Gasteiger partial charge in [0.2, 0.25) is 0 Å². The number of carbonyl (C=O) groups is 2. The number of nitrogens with zero attached hydrogens (tertiary/aromatic N) is 1. The molecule has 9 heteroatoms. The van der Waals surface area contributed by atoms with Crippen LogP contribution in [-0.2, 0) is 19.6 Å². The average Bonchev–Trinajstić information content (AvgIpc) is 2.63. The van der Waals surface area contributed by atoms with Crippen LogP contribution in [0.25, 0.3) is 0 Å². The minimum atomic E-state index is -3.88. The van der Waals surface area contributed by atoms with Crippen molar-refractivity contribution in [3.8, 4) is 5.75 Å². The Kier molecular flexibility index (Phi) is 4.68. The highest BCUT2D eigenvalue weighted by atomic mass is 32.2. The number of para-hydroxylation sites is 2. The zero-order chi connectivity index (χ0) is 17.9. The Bertz CT molecular complexity index is 899. The van der Waals surface area contributed by atoms with E-state index in [4.69, 9.17) is 4.74 Å². The Balaban J connectivity index is 1.66. The summed E-state index contributed by atoms with van der Waals surface area (Å²) in [6.07, 6.45) is 0. The van der Waals surface area contributed by atoms with Crippen LogP contribution in [0.3, 0.4) is 0 Å². The average molecular weight is 361 g/mol. The van der Waals surface area contributed by atoms with Crippen LogP contribution in [0, 0.1) is 0 Å². The van der Waals surface area contributed by atoms with Crippen LogP contribution in [0.2, 0.25) is 0 Å². The summed E-state index contributed by atoms with van der Waals surface area (Å²) in [5, 5.41) is 0. The first kappa shape index (κ1) is 16.9. The number of hydrazine groups is 1. The quantitative estimate of drug-likeness (QED) is 0.751. The van der Waals surface area contributed by atoms with E-state index in [-0.39, 0.29) is 24.0 Å². The molecule has 1 aliphatic heterocycles. The largest absolute Gasteiger partial charge is 0.482 e. The summed E-state index contributed by atoms with van der Waals surface area (Å²) in [6.45, 7) is -0.517. The van der Waals surface area contributed by atoms with Crippen molar-refractivity contribution < 1.29 is 22.7 Å². The normalized spacial score (nSPS) is 13.8. The maximum absolute atomic E-state index is 12.1. The second kappa shape index (κ2) is 6.91. The summed E-state index contributed by atoms with van der Waals surface area (Å²) in [4.78, 5) is 27.3. The second-order valence-electron chi connectivity index (χ2n) is 5.20. The summed E-state index contributed by atoms with van der Waals surface area (Å²) >= 11 is 0. The molecule has 3 rings (SSSR count). The van der Waals surface area contributed by atoms with Gasteiger partial charge in [-0.3, -0.25) is 19.9 Å². The van der Waals surface area contributed by atoms with Crippen molar-refractivity contribution in [3.05, 3.63) is 54.6 Å². The van der Waals surface area contributed by atoms with Crippen LogP contribution in [0.4, 0.5) is 5.69 Å². The Morgan fingerprint density at radius 3 is 2.52 bits per heavy atom.